The summed E-state index contributed by atoms with van der Waals surface area (Å²) in [4.78, 5) is 31.4. The molecule has 0 unspecified atom stereocenters. The third-order valence-corrected chi connectivity index (χ3v) is 5.77. The summed E-state index contributed by atoms with van der Waals surface area (Å²) in [5, 5.41) is 2.99. The quantitative estimate of drug-likeness (QED) is 0.505. The van der Waals surface area contributed by atoms with Gasteiger partial charge in [-0.25, -0.2) is 9.37 Å². The zero-order chi connectivity index (χ0) is 20.5. The standard InChI is InChI=1S/C21H15ClFN3O2S/c1-12-24-20-15(10-18(29-20)13-5-3-2-4-6-13)21(28)26(12)11-19(27)25-14-7-8-17(23)16(22)9-14/h2-10H,11H2,1H3,(H,25,27). The molecule has 8 heteroatoms. The van der Waals surface area contributed by atoms with Gasteiger partial charge in [-0.2, -0.15) is 0 Å². The number of fused-ring (bicyclic) bond motifs is 1. The fourth-order valence-corrected chi connectivity index (χ4v) is 4.22. The van der Waals surface area contributed by atoms with E-state index in [1.165, 1.54) is 34.1 Å². The Labute approximate surface area is 174 Å². The Morgan fingerprint density at radius 3 is 2.69 bits per heavy atom. The number of carbonyl (C=O) groups excluding carboxylic acids is 1. The van der Waals surface area contributed by atoms with Crippen LogP contribution in [-0.4, -0.2) is 15.5 Å². The maximum absolute atomic E-state index is 13.3. The number of carbonyl (C=O) groups is 1. The number of hydrogen-bond acceptors (Lipinski definition) is 4. The van der Waals surface area contributed by atoms with Crippen LogP contribution in [0.25, 0.3) is 20.7 Å². The summed E-state index contributed by atoms with van der Waals surface area (Å²) in [5.74, 6) is -0.563. The van der Waals surface area contributed by atoms with Crippen LogP contribution in [0, 0.1) is 12.7 Å². The van der Waals surface area contributed by atoms with Crippen molar-refractivity contribution in [3.05, 3.63) is 81.6 Å². The van der Waals surface area contributed by atoms with Gasteiger partial charge in [0.1, 0.15) is 23.0 Å². The first-order valence-electron chi connectivity index (χ1n) is 8.73. The lowest BCUT2D eigenvalue weighted by Gasteiger charge is -2.10. The second-order valence-electron chi connectivity index (χ2n) is 6.42. The van der Waals surface area contributed by atoms with E-state index in [0.717, 1.165) is 10.4 Å². The predicted octanol–water partition coefficient (Wildman–Crippen LogP) is 4.86. The van der Waals surface area contributed by atoms with E-state index >= 15 is 0 Å². The summed E-state index contributed by atoms with van der Waals surface area (Å²) >= 11 is 7.17. The number of nitrogens with one attached hydrogen (secondary N) is 1. The molecule has 146 valence electrons. The third kappa shape index (κ3) is 3.92. The largest absolute Gasteiger partial charge is 0.324 e. The zero-order valence-electron chi connectivity index (χ0n) is 15.3. The average Bonchev–Trinajstić information content (AvgIpc) is 3.13. The van der Waals surface area contributed by atoms with E-state index in [-0.39, 0.29) is 17.1 Å². The van der Waals surface area contributed by atoms with Crippen molar-refractivity contribution >= 4 is 44.7 Å². The first kappa shape index (κ1) is 19.3. The van der Waals surface area contributed by atoms with Gasteiger partial charge in [0, 0.05) is 10.6 Å². The highest BCUT2D eigenvalue weighted by atomic mass is 35.5. The highest BCUT2D eigenvalue weighted by molar-refractivity contribution is 7.21. The number of hydrogen-bond donors (Lipinski definition) is 1. The summed E-state index contributed by atoms with van der Waals surface area (Å²) in [5.41, 5.74) is 1.08. The minimum atomic E-state index is -0.571. The molecule has 5 nitrogen and oxygen atoms in total. The number of rotatable bonds is 4. The number of aryl methyl sites for hydroxylation is 1. The van der Waals surface area contributed by atoms with Crippen LogP contribution < -0.4 is 10.9 Å². The van der Waals surface area contributed by atoms with E-state index in [1.807, 2.05) is 30.3 Å². The molecular formula is C21H15ClFN3O2S. The lowest BCUT2D eigenvalue weighted by Crippen LogP contribution is -2.29. The summed E-state index contributed by atoms with van der Waals surface area (Å²) in [6, 6.07) is 15.4. The molecule has 29 heavy (non-hydrogen) atoms. The zero-order valence-corrected chi connectivity index (χ0v) is 16.9. The number of amides is 1. The minimum absolute atomic E-state index is 0.0917. The highest BCUT2D eigenvalue weighted by Gasteiger charge is 2.15. The Morgan fingerprint density at radius 2 is 1.97 bits per heavy atom. The smallest absolute Gasteiger partial charge is 0.262 e. The number of halogens is 2. The maximum Gasteiger partial charge on any atom is 0.262 e. The van der Waals surface area contributed by atoms with Crippen LogP contribution in [0.15, 0.2) is 59.4 Å². The van der Waals surface area contributed by atoms with Crippen molar-refractivity contribution in [1.82, 2.24) is 9.55 Å². The van der Waals surface area contributed by atoms with Crippen LogP contribution in [0.5, 0.6) is 0 Å². The average molecular weight is 428 g/mol. The van der Waals surface area contributed by atoms with Crippen LogP contribution >= 0.6 is 22.9 Å². The van der Waals surface area contributed by atoms with Gasteiger partial charge in [0.2, 0.25) is 5.91 Å². The van der Waals surface area contributed by atoms with Gasteiger partial charge in [-0.1, -0.05) is 41.9 Å². The number of benzene rings is 2. The van der Waals surface area contributed by atoms with Crippen LogP contribution in [0.1, 0.15) is 5.82 Å². The molecule has 0 radical (unpaired) electrons. The summed E-state index contributed by atoms with van der Waals surface area (Å²) < 4.78 is 14.6. The Morgan fingerprint density at radius 1 is 1.21 bits per heavy atom. The van der Waals surface area contributed by atoms with E-state index in [2.05, 4.69) is 10.3 Å². The van der Waals surface area contributed by atoms with Crippen LogP contribution in [0.4, 0.5) is 10.1 Å². The fourth-order valence-electron chi connectivity index (χ4n) is 2.97. The van der Waals surface area contributed by atoms with E-state index < -0.39 is 11.7 Å². The van der Waals surface area contributed by atoms with Gasteiger partial charge in [0.25, 0.3) is 5.56 Å². The molecule has 2 aromatic carbocycles. The molecule has 0 atom stereocenters. The number of nitrogens with zero attached hydrogens (tertiary/aromatic N) is 2. The minimum Gasteiger partial charge on any atom is -0.324 e. The second kappa shape index (κ2) is 7.77. The predicted molar refractivity (Wildman–Crippen MR) is 114 cm³/mol. The molecule has 4 rings (SSSR count). The summed E-state index contributed by atoms with van der Waals surface area (Å²) in [6.45, 7) is 1.48. The molecule has 2 aromatic heterocycles. The first-order valence-corrected chi connectivity index (χ1v) is 9.93. The number of anilines is 1. The topological polar surface area (TPSA) is 64.0 Å². The van der Waals surface area contributed by atoms with Crippen molar-refractivity contribution in [2.75, 3.05) is 5.32 Å². The van der Waals surface area contributed by atoms with Gasteiger partial charge < -0.3 is 5.32 Å². The molecule has 0 fully saturated rings. The molecule has 1 N–H and O–H groups in total. The molecule has 1 amide bonds. The first-order chi connectivity index (χ1) is 13.9. The molecule has 2 heterocycles. The summed E-state index contributed by atoms with van der Waals surface area (Å²) in [7, 11) is 0. The van der Waals surface area contributed by atoms with Gasteiger partial charge in [-0.3, -0.25) is 14.2 Å². The highest BCUT2D eigenvalue weighted by Crippen LogP contribution is 2.31. The second-order valence-corrected chi connectivity index (χ2v) is 7.86. The van der Waals surface area contributed by atoms with Crippen molar-refractivity contribution in [3.63, 3.8) is 0 Å². The van der Waals surface area contributed by atoms with Crippen molar-refractivity contribution < 1.29 is 9.18 Å². The molecule has 0 aliphatic heterocycles. The maximum atomic E-state index is 13.3. The molecular weight excluding hydrogens is 413 g/mol. The van der Waals surface area contributed by atoms with E-state index in [9.17, 15) is 14.0 Å². The number of aromatic nitrogens is 2. The normalized spacial score (nSPS) is 11.0. The van der Waals surface area contributed by atoms with E-state index in [1.54, 1.807) is 13.0 Å². The Bertz CT molecular complexity index is 1280. The number of thiophene rings is 1. The van der Waals surface area contributed by atoms with Crippen molar-refractivity contribution in [2.24, 2.45) is 0 Å². The third-order valence-electron chi connectivity index (χ3n) is 4.41. The Hall–Kier alpha value is -3.03. The van der Waals surface area contributed by atoms with E-state index in [0.29, 0.717) is 21.7 Å². The molecule has 0 saturated heterocycles. The van der Waals surface area contributed by atoms with Gasteiger partial charge in [0.15, 0.2) is 0 Å². The van der Waals surface area contributed by atoms with Crippen LogP contribution in [0.2, 0.25) is 5.02 Å². The Kier molecular flexibility index (Phi) is 5.17. The lowest BCUT2D eigenvalue weighted by molar-refractivity contribution is -0.116. The van der Waals surface area contributed by atoms with Gasteiger partial charge in [0.05, 0.1) is 10.4 Å². The van der Waals surface area contributed by atoms with Gasteiger partial charge in [-0.15, -0.1) is 11.3 Å². The monoisotopic (exact) mass is 427 g/mol. The van der Waals surface area contributed by atoms with Crippen LogP contribution in [-0.2, 0) is 11.3 Å². The van der Waals surface area contributed by atoms with Crippen LogP contribution in [0.3, 0.4) is 0 Å². The lowest BCUT2D eigenvalue weighted by atomic mass is 10.2. The molecule has 0 aliphatic carbocycles. The Balaban J connectivity index is 1.64. The SMILES string of the molecule is Cc1nc2sc(-c3ccccc3)cc2c(=O)n1CC(=O)Nc1ccc(F)c(Cl)c1. The molecule has 0 spiro atoms. The van der Waals surface area contributed by atoms with Gasteiger partial charge in [-0.05, 0) is 36.8 Å². The summed E-state index contributed by atoms with van der Waals surface area (Å²) in [6.07, 6.45) is 0. The van der Waals surface area contributed by atoms with Crippen molar-refractivity contribution in [1.29, 1.82) is 0 Å². The van der Waals surface area contributed by atoms with Crippen molar-refractivity contribution in [3.8, 4) is 10.4 Å². The fraction of sp³-hybridized carbons (Fsp3) is 0.0952. The van der Waals surface area contributed by atoms with E-state index in [4.69, 9.17) is 11.6 Å². The molecule has 0 saturated carbocycles. The molecule has 0 bridgehead atoms. The molecule has 4 aromatic rings. The molecule has 0 aliphatic rings. The van der Waals surface area contributed by atoms with Crippen molar-refractivity contribution in [2.45, 2.75) is 13.5 Å². The van der Waals surface area contributed by atoms with Gasteiger partial charge >= 0.3 is 0 Å².